The zero-order chi connectivity index (χ0) is 34.1. The summed E-state index contributed by atoms with van der Waals surface area (Å²) in [6.07, 6.45) is -9.59. The lowest BCUT2D eigenvalue weighted by Gasteiger charge is -2.30. The second-order valence-corrected chi connectivity index (χ2v) is 12.2. The molecule has 2 heterocycles. The molecule has 0 radical (unpaired) electrons. The number of carbonyl (C=O) groups excluding carboxylic acids is 2. The molecule has 2 fully saturated rings. The van der Waals surface area contributed by atoms with E-state index in [9.17, 15) is 44.7 Å². The first-order valence-corrected chi connectivity index (χ1v) is 15.2. The van der Waals surface area contributed by atoms with Gasteiger partial charge in [0.05, 0.1) is 28.2 Å². The number of nitrogens with zero attached hydrogens (tertiary/aromatic N) is 2. The summed E-state index contributed by atoms with van der Waals surface area (Å²) in [4.78, 5) is 35.9. The van der Waals surface area contributed by atoms with Crippen LogP contribution in [0.4, 0.5) is 46.8 Å². The van der Waals surface area contributed by atoms with E-state index >= 15 is 0 Å². The van der Waals surface area contributed by atoms with E-state index in [0.29, 0.717) is 24.8 Å². The quantitative estimate of drug-likeness (QED) is 0.132. The Morgan fingerprint density at radius 2 is 1.81 bits per heavy atom. The Morgan fingerprint density at radius 3 is 2.45 bits per heavy atom. The van der Waals surface area contributed by atoms with E-state index < -0.39 is 48.5 Å². The number of aromatic nitrogens is 3. The van der Waals surface area contributed by atoms with Crippen LogP contribution in [0.5, 0.6) is 5.88 Å². The van der Waals surface area contributed by atoms with Gasteiger partial charge >= 0.3 is 12.4 Å². The Bertz CT molecular complexity index is 1610. The summed E-state index contributed by atoms with van der Waals surface area (Å²) in [6.45, 7) is 0.538. The number of hydrogen-bond acceptors (Lipinski definition) is 6. The summed E-state index contributed by atoms with van der Waals surface area (Å²) in [5, 5.41) is 5.15. The molecule has 3 N–H and O–H groups in total. The van der Waals surface area contributed by atoms with Crippen molar-refractivity contribution in [3.05, 3.63) is 41.0 Å². The van der Waals surface area contributed by atoms with Gasteiger partial charge in [-0.25, -0.2) is 8.78 Å². The smallest absolute Gasteiger partial charge is 0.418 e. The molecule has 0 aliphatic heterocycles. The molecule has 1 amide bonds. The van der Waals surface area contributed by atoms with Crippen LogP contribution in [0.2, 0.25) is 0 Å². The van der Waals surface area contributed by atoms with Gasteiger partial charge in [-0.05, 0) is 73.6 Å². The topological polar surface area (TPSA) is 109 Å². The first-order valence-electron chi connectivity index (χ1n) is 15.2. The molecule has 47 heavy (non-hydrogen) atoms. The Hall–Kier alpha value is -3.98. The van der Waals surface area contributed by atoms with Crippen molar-refractivity contribution in [3.8, 4) is 5.88 Å². The number of benzene rings is 1. The highest BCUT2D eigenvalue weighted by Gasteiger charge is 2.57. The van der Waals surface area contributed by atoms with Crippen molar-refractivity contribution in [2.75, 3.05) is 11.9 Å². The molecule has 16 heteroatoms. The summed E-state index contributed by atoms with van der Waals surface area (Å²) >= 11 is 0. The average molecular weight is 676 g/mol. The van der Waals surface area contributed by atoms with E-state index in [1.54, 1.807) is 6.92 Å². The number of carbonyl (C=O) groups is 2. The van der Waals surface area contributed by atoms with Gasteiger partial charge in [-0.15, -0.1) is 0 Å². The van der Waals surface area contributed by atoms with E-state index in [1.165, 1.54) is 18.2 Å². The normalized spacial score (nSPS) is 21.3. The highest BCUT2D eigenvalue weighted by atomic mass is 19.4. The van der Waals surface area contributed by atoms with Crippen LogP contribution in [0.1, 0.15) is 79.8 Å². The van der Waals surface area contributed by atoms with Crippen molar-refractivity contribution < 1.29 is 49.4 Å². The molecule has 2 aliphatic carbocycles. The Morgan fingerprint density at radius 1 is 1.09 bits per heavy atom. The average Bonchev–Trinajstić information content (AvgIpc) is 3.51. The van der Waals surface area contributed by atoms with Crippen molar-refractivity contribution in [2.24, 2.45) is 17.3 Å². The zero-order valence-electron chi connectivity index (χ0n) is 25.3. The largest absolute Gasteiger partial charge is 0.471 e. The number of alkyl halides is 8. The maximum atomic E-state index is 13.8. The highest BCUT2D eigenvalue weighted by Crippen LogP contribution is 2.64. The van der Waals surface area contributed by atoms with Gasteiger partial charge in [0, 0.05) is 19.4 Å². The number of hydrogen-bond donors (Lipinski definition) is 3. The molecule has 2 aromatic heterocycles. The molecule has 2 saturated carbocycles. The molecule has 3 aromatic rings. The number of pyridine rings is 1. The summed E-state index contributed by atoms with van der Waals surface area (Å²) in [7, 11) is 0. The minimum absolute atomic E-state index is 0.0203. The molecule has 1 atom stereocenters. The van der Waals surface area contributed by atoms with Crippen LogP contribution in [-0.4, -0.2) is 45.9 Å². The summed E-state index contributed by atoms with van der Waals surface area (Å²) < 4.78 is 112. The minimum atomic E-state index is -4.74. The van der Waals surface area contributed by atoms with E-state index in [0.717, 1.165) is 12.5 Å². The van der Waals surface area contributed by atoms with E-state index in [2.05, 4.69) is 25.6 Å². The van der Waals surface area contributed by atoms with Crippen LogP contribution in [0.3, 0.4) is 0 Å². The highest BCUT2D eigenvalue weighted by molar-refractivity contribution is 6.00. The van der Waals surface area contributed by atoms with Gasteiger partial charge in [0.15, 0.2) is 18.0 Å². The fourth-order valence-corrected chi connectivity index (χ4v) is 6.35. The van der Waals surface area contributed by atoms with Crippen LogP contribution >= 0.6 is 0 Å². The van der Waals surface area contributed by atoms with Gasteiger partial charge in [0.25, 0.3) is 6.43 Å². The Kier molecular flexibility index (Phi) is 9.69. The maximum absolute atomic E-state index is 13.8. The lowest BCUT2D eigenvalue weighted by Crippen LogP contribution is -2.28. The number of halogens is 8. The van der Waals surface area contributed by atoms with Crippen LogP contribution in [0.25, 0.3) is 11.2 Å². The van der Waals surface area contributed by atoms with Crippen molar-refractivity contribution in [1.82, 2.24) is 20.3 Å². The van der Waals surface area contributed by atoms with E-state index in [1.807, 2.05) is 0 Å². The SMILES string of the molecule is CCC(=O)NCc1ccc(C(F)(F)F)c(Nc2nc3nc(OCC(F)F)c(C(=O)CC[C@H]4CC45CCC(C(F)(F)F)CC5)cc3[nH]2)c1. The van der Waals surface area contributed by atoms with Gasteiger partial charge in [-0.1, -0.05) is 13.0 Å². The fraction of sp³-hybridized carbons (Fsp3) is 0.548. The van der Waals surface area contributed by atoms with E-state index in [4.69, 9.17) is 4.74 Å². The molecular formula is C31H33F8N5O3. The lowest BCUT2D eigenvalue weighted by atomic mass is 9.77. The molecule has 8 nitrogen and oxygen atoms in total. The van der Waals surface area contributed by atoms with Gasteiger partial charge in [0.1, 0.15) is 0 Å². The number of amides is 1. The number of H-pyrrole nitrogens is 1. The first-order chi connectivity index (χ1) is 22.1. The number of nitrogens with one attached hydrogen (secondary N) is 3. The molecule has 256 valence electrons. The Labute approximate surface area is 264 Å². The number of Topliss-reactive ketones (excluding diaryl/α,β-unsaturated/α-hetero) is 1. The zero-order valence-corrected chi connectivity index (χ0v) is 25.3. The van der Waals surface area contributed by atoms with Crippen molar-refractivity contribution in [3.63, 3.8) is 0 Å². The second-order valence-electron chi connectivity index (χ2n) is 12.2. The molecule has 1 aromatic carbocycles. The molecule has 2 aliphatic rings. The summed E-state index contributed by atoms with van der Waals surface area (Å²) in [5.74, 6) is -2.62. The van der Waals surface area contributed by atoms with Crippen molar-refractivity contribution in [1.29, 1.82) is 0 Å². The summed E-state index contributed by atoms with van der Waals surface area (Å²) in [5.41, 5.74) is -1.36. The lowest BCUT2D eigenvalue weighted by molar-refractivity contribution is -0.185. The third-order valence-corrected chi connectivity index (χ3v) is 9.06. The molecule has 0 saturated heterocycles. The number of rotatable bonds is 12. The predicted octanol–water partition coefficient (Wildman–Crippen LogP) is 8.11. The van der Waals surface area contributed by atoms with E-state index in [-0.39, 0.29) is 77.8 Å². The first kappa shape index (κ1) is 34.4. The Balaban J connectivity index is 1.34. The van der Waals surface area contributed by atoms with Gasteiger partial charge in [0.2, 0.25) is 17.7 Å². The van der Waals surface area contributed by atoms with Gasteiger partial charge in [-0.3, -0.25) is 9.59 Å². The molecule has 0 unspecified atom stereocenters. The second kappa shape index (κ2) is 13.3. The van der Waals surface area contributed by atoms with Crippen LogP contribution < -0.4 is 15.4 Å². The predicted molar refractivity (Wildman–Crippen MR) is 154 cm³/mol. The van der Waals surface area contributed by atoms with Crippen molar-refractivity contribution in [2.45, 2.75) is 83.6 Å². The standard InChI is InChI=1S/C31H33F8N5O3/c1-2-25(46)40-14-16-3-5-20(31(37,38)39)21(11-16)41-28-42-22-12-19(27(43-26(22)44-28)47-15-24(32)33)23(45)6-4-18-13-29(18)9-7-17(8-10-29)30(34,35)36/h3,5,11-12,17-18,24H,2,4,6-10,13-15H2,1H3,(H,40,46)(H2,41,42,43,44)/t17?,18-,29?/m0/s1. The minimum Gasteiger partial charge on any atom is -0.471 e. The third kappa shape index (κ3) is 8.12. The summed E-state index contributed by atoms with van der Waals surface area (Å²) in [6, 6.07) is 4.56. The number of aromatic amines is 1. The number of imidazole rings is 1. The monoisotopic (exact) mass is 675 g/mol. The number of fused-ring (bicyclic) bond motifs is 1. The third-order valence-electron chi connectivity index (χ3n) is 9.06. The van der Waals surface area contributed by atoms with Gasteiger partial charge < -0.3 is 20.4 Å². The van der Waals surface area contributed by atoms with Crippen molar-refractivity contribution >= 4 is 34.5 Å². The number of anilines is 2. The molecule has 5 rings (SSSR count). The van der Waals surface area contributed by atoms with Gasteiger partial charge in [-0.2, -0.15) is 36.3 Å². The number of ether oxygens (including phenoxy) is 1. The molecular weight excluding hydrogens is 642 g/mol. The molecule has 1 spiro atoms. The fourth-order valence-electron chi connectivity index (χ4n) is 6.35. The van der Waals surface area contributed by atoms with Crippen LogP contribution in [0.15, 0.2) is 24.3 Å². The van der Waals surface area contributed by atoms with Crippen LogP contribution in [0, 0.1) is 17.3 Å². The molecule has 0 bridgehead atoms. The number of ketones is 1. The maximum Gasteiger partial charge on any atom is 0.418 e. The van der Waals surface area contributed by atoms with Crippen LogP contribution in [-0.2, 0) is 17.5 Å².